The van der Waals surface area contributed by atoms with E-state index in [1.54, 1.807) is 53.4 Å². The molecule has 0 spiro atoms. The zero-order chi connectivity index (χ0) is 22.6. The van der Waals surface area contributed by atoms with E-state index in [2.05, 4.69) is 10.6 Å². The molecule has 1 atom stereocenters. The van der Waals surface area contributed by atoms with E-state index in [4.69, 9.17) is 4.74 Å². The van der Waals surface area contributed by atoms with Crippen LogP contribution >= 0.6 is 0 Å². The van der Waals surface area contributed by atoms with Gasteiger partial charge in [0.25, 0.3) is 11.6 Å². The molecule has 0 radical (unpaired) electrons. The first-order chi connectivity index (χ1) is 15.5. The lowest BCUT2D eigenvalue weighted by Crippen LogP contribution is -3.10. The number of rotatable bonds is 8. The van der Waals surface area contributed by atoms with Gasteiger partial charge in [0.2, 0.25) is 0 Å². The van der Waals surface area contributed by atoms with Gasteiger partial charge in [-0.3, -0.25) is 9.69 Å². The van der Waals surface area contributed by atoms with Crippen LogP contribution < -0.4 is 25.2 Å². The molecule has 2 aromatic carbocycles. The van der Waals surface area contributed by atoms with Crippen molar-refractivity contribution in [3.63, 3.8) is 0 Å². The molecule has 32 heavy (non-hydrogen) atoms. The average molecular weight is 440 g/mol. The van der Waals surface area contributed by atoms with E-state index in [0.717, 1.165) is 17.9 Å². The summed E-state index contributed by atoms with van der Waals surface area (Å²) in [6.45, 7) is 6.18. The Balaban J connectivity index is 1.59. The number of urea groups is 1. The molecule has 0 aromatic heterocycles. The van der Waals surface area contributed by atoms with Crippen LogP contribution in [0, 0.1) is 0 Å². The lowest BCUT2D eigenvalue weighted by Gasteiger charge is -2.42. The van der Waals surface area contributed by atoms with E-state index in [0.29, 0.717) is 35.8 Å². The first-order valence-electron chi connectivity index (χ1n) is 11.3. The summed E-state index contributed by atoms with van der Waals surface area (Å²) in [4.78, 5) is 29.1. The van der Waals surface area contributed by atoms with E-state index in [1.165, 1.54) is 25.9 Å². The zero-order valence-corrected chi connectivity index (χ0v) is 18.4. The summed E-state index contributed by atoms with van der Waals surface area (Å²) < 4.78 is 5.48. The highest BCUT2D eigenvalue weighted by atomic mass is 16.5. The average Bonchev–Trinajstić information content (AvgIpc) is 3.31. The number of amides is 3. The Morgan fingerprint density at radius 3 is 2.62 bits per heavy atom. The van der Waals surface area contributed by atoms with Crippen LogP contribution in [0.4, 0.5) is 16.2 Å². The van der Waals surface area contributed by atoms with Crippen molar-refractivity contribution in [3.8, 4) is 5.75 Å². The summed E-state index contributed by atoms with van der Waals surface area (Å²) in [6, 6.07) is 13.0. The van der Waals surface area contributed by atoms with Gasteiger partial charge >= 0.3 is 6.03 Å². The molecule has 2 aliphatic rings. The number of nitrogens with one attached hydrogen (secondary N) is 3. The molecule has 2 aliphatic heterocycles. The summed E-state index contributed by atoms with van der Waals surface area (Å²) >= 11 is 0. The Labute approximate surface area is 188 Å². The lowest BCUT2D eigenvalue weighted by molar-refractivity contribution is -0.887. The molecule has 4 rings (SSSR count). The van der Waals surface area contributed by atoms with Gasteiger partial charge in [0.05, 0.1) is 31.9 Å². The molecule has 0 saturated carbocycles. The van der Waals surface area contributed by atoms with Gasteiger partial charge in [-0.25, -0.2) is 4.79 Å². The maximum Gasteiger partial charge on any atom is 0.329 e. The minimum absolute atomic E-state index is 0.330. The number of carbonyl (C=O) groups excluding carboxylic acids is 2. The largest absolute Gasteiger partial charge is 0.494 e. The quantitative estimate of drug-likeness (QED) is 0.469. The number of benzene rings is 2. The summed E-state index contributed by atoms with van der Waals surface area (Å²) in [5, 5.41) is 17.4. The second kappa shape index (κ2) is 9.58. The van der Waals surface area contributed by atoms with Gasteiger partial charge < -0.3 is 25.4 Å². The molecule has 1 unspecified atom stereocenters. The van der Waals surface area contributed by atoms with Gasteiger partial charge in [0, 0.05) is 37.1 Å². The lowest BCUT2D eigenvalue weighted by atomic mass is 9.94. The minimum atomic E-state index is -2.17. The number of quaternary nitrogens is 1. The topological polar surface area (TPSA) is 95.3 Å². The standard InChI is InChI=1S/C24H30N4O4/c1-2-32-19-12-10-18(11-13-19)28-23(30)26-21-9-4-3-8-20(21)24(28,31)22(29)25-14-7-17-27-15-5-6-16-27/h3-4,8-13,31H,2,5-7,14-17H2,1H3,(H,25,29)(H,26,30)/p+1. The number of carbonyl (C=O) groups is 2. The first-order valence-corrected chi connectivity index (χ1v) is 11.3. The molecule has 0 bridgehead atoms. The van der Waals surface area contributed by atoms with Crippen LogP contribution in [0.25, 0.3) is 0 Å². The van der Waals surface area contributed by atoms with Gasteiger partial charge in [-0.1, -0.05) is 18.2 Å². The number of ether oxygens (including phenoxy) is 1. The number of fused-ring (bicyclic) bond motifs is 1. The smallest absolute Gasteiger partial charge is 0.329 e. The third kappa shape index (κ3) is 4.28. The van der Waals surface area contributed by atoms with Crippen LogP contribution in [0.2, 0.25) is 0 Å². The van der Waals surface area contributed by atoms with E-state index in [1.807, 2.05) is 6.92 Å². The Kier molecular flexibility index (Phi) is 6.62. The van der Waals surface area contributed by atoms with E-state index in [9.17, 15) is 14.7 Å². The van der Waals surface area contributed by atoms with Crippen LogP contribution in [-0.2, 0) is 10.5 Å². The highest BCUT2D eigenvalue weighted by molar-refractivity contribution is 6.11. The Morgan fingerprint density at radius 2 is 1.91 bits per heavy atom. The SMILES string of the molecule is CCOc1ccc(N2C(=O)Nc3ccccc3C2(O)C(=O)NCCC[NH+]2CCCC2)cc1. The summed E-state index contributed by atoms with van der Waals surface area (Å²) in [6.07, 6.45) is 3.32. The van der Waals surface area contributed by atoms with Gasteiger partial charge in [-0.05, 0) is 37.3 Å². The maximum absolute atomic E-state index is 13.4. The second-order valence-corrected chi connectivity index (χ2v) is 8.23. The maximum atomic E-state index is 13.4. The fourth-order valence-electron chi connectivity index (χ4n) is 4.51. The zero-order valence-electron chi connectivity index (χ0n) is 18.4. The first kappa shape index (κ1) is 22.1. The second-order valence-electron chi connectivity index (χ2n) is 8.23. The molecule has 4 N–H and O–H groups in total. The Hall–Kier alpha value is -3.10. The fourth-order valence-corrected chi connectivity index (χ4v) is 4.51. The number of nitrogens with zero attached hydrogens (tertiary/aromatic N) is 1. The molecule has 0 aliphatic carbocycles. The number of hydrogen-bond donors (Lipinski definition) is 4. The summed E-state index contributed by atoms with van der Waals surface area (Å²) in [5.41, 5.74) is -1.04. The fraction of sp³-hybridized carbons (Fsp3) is 0.417. The molecule has 1 saturated heterocycles. The van der Waals surface area contributed by atoms with Gasteiger partial charge in [0.15, 0.2) is 0 Å². The normalized spacial score (nSPS) is 20.6. The third-order valence-electron chi connectivity index (χ3n) is 6.10. The number of hydrogen-bond acceptors (Lipinski definition) is 4. The monoisotopic (exact) mass is 439 g/mol. The van der Waals surface area contributed by atoms with Crippen molar-refractivity contribution in [3.05, 3.63) is 54.1 Å². The molecular weight excluding hydrogens is 408 g/mol. The van der Waals surface area contributed by atoms with E-state index < -0.39 is 17.7 Å². The van der Waals surface area contributed by atoms with Gasteiger partial charge in [0.1, 0.15) is 5.75 Å². The number of anilines is 2. The van der Waals surface area contributed by atoms with Gasteiger partial charge in [-0.15, -0.1) is 0 Å². The molecule has 170 valence electrons. The molecule has 2 heterocycles. The predicted molar refractivity (Wildman–Crippen MR) is 122 cm³/mol. The summed E-state index contributed by atoms with van der Waals surface area (Å²) in [7, 11) is 0. The Morgan fingerprint density at radius 1 is 1.19 bits per heavy atom. The van der Waals surface area contributed by atoms with Crippen molar-refractivity contribution in [1.82, 2.24) is 5.32 Å². The van der Waals surface area contributed by atoms with Crippen molar-refractivity contribution in [1.29, 1.82) is 0 Å². The number of likely N-dealkylation sites (tertiary alicyclic amines) is 1. The van der Waals surface area contributed by atoms with Crippen LogP contribution in [0.15, 0.2) is 48.5 Å². The molecule has 8 heteroatoms. The summed E-state index contributed by atoms with van der Waals surface area (Å²) in [5.74, 6) is 0.0246. The van der Waals surface area contributed by atoms with Crippen LogP contribution in [0.5, 0.6) is 5.75 Å². The van der Waals surface area contributed by atoms with Gasteiger partial charge in [-0.2, -0.15) is 0 Å². The minimum Gasteiger partial charge on any atom is -0.494 e. The Bertz CT molecular complexity index is 959. The van der Waals surface area contributed by atoms with Crippen molar-refractivity contribution < 1.29 is 24.3 Å². The predicted octanol–water partition coefficient (Wildman–Crippen LogP) is 1.47. The van der Waals surface area contributed by atoms with Crippen molar-refractivity contribution in [2.24, 2.45) is 0 Å². The van der Waals surface area contributed by atoms with Crippen LogP contribution in [0.3, 0.4) is 0 Å². The molecule has 8 nitrogen and oxygen atoms in total. The molecular formula is C24H31N4O4+. The van der Waals surface area contributed by atoms with Crippen molar-refractivity contribution >= 4 is 23.3 Å². The highest BCUT2D eigenvalue weighted by Crippen LogP contribution is 2.40. The van der Waals surface area contributed by atoms with Crippen LogP contribution in [0.1, 0.15) is 31.7 Å². The molecule has 1 fully saturated rings. The molecule has 3 amide bonds. The third-order valence-corrected chi connectivity index (χ3v) is 6.10. The molecule has 2 aromatic rings. The van der Waals surface area contributed by atoms with Crippen molar-refractivity contribution in [2.75, 3.05) is 43.0 Å². The number of aliphatic hydroxyl groups is 1. The van der Waals surface area contributed by atoms with E-state index in [-0.39, 0.29) is 0 Å². The highest BCUT2D eigenvalue weighted by Gasteiger charge is 2.51. The van der Waals surface area contributed by atoms with E-state index >= 15 is 0 Å². The van der Waals surface area contributed by atoms with Crippen LogP contribution in [-0.4, -0.2) is 49.8 Å². The van der Waals surface area contributed by atoms with Crippen molar-refractivity contribution in [2.45, 2.75) is 31.9 Å². The number of para-hydroxylation sites is 1.